The van der Waals surface area contributed by atoms with Crippen molar-refractivity contribution in [3.05, 3.63) is 53.1 Å². The lowest BCUT2D eigenvalue weighted by molar-refractivity contribution is 0.454. The molecule has 0 saturated carbocycles. The first-order valence-electron chi connectivity index (χ1n) is 10.8. The first kappa shape index (κ1) is 19.5. The van der Waals surface area contributed by atoms with E-state index in [9.17, 15) is 5.26 Å². The second-order valence-corrected chi connectivity index (χ2v) is 8.03. The van der Waals surface area contributed by atoms with Gasteiger partial charge in [0, 0.05) is 38.0 Å². The van der Waals surface area contributed by atoms with Crippen LogP contribution in [0.4, 0.5) is 5.82 Å². The van der Waals surface area contributed by atoms with Crippen molar-refractivity contribution in [2.24, 2.45) is 0 Å². The third kappa shape index (κ3) is 4.09. The highest BCUT2D eigenvalue weighted by Crippen LogP contribution is 2.31. The molecule has 1 N–H and O–H groups in total. The summed E-state index contributed by atoms with van der Waals surface area (Å²) in [5, 5.41) is 17.5. The average Bonchev–Trinajstić information content (AvgIpc) is 3.23. The Morgan fingerprint density at radius 3 is 2.81 bits per heavy atom. The molecule has 3 aromatic rings. The Balaban J connectivity index is 1.51. The summed E-state index contributed by atoms with van der Waals surface area (Å²) in [7, 11) is 0. The summed E-state index contributed by atoms with van der Waals surface area (Å²) >= 11 is 0. The van der Waals surface area contributed by atoms with Gasteiger partial charge >= 0.3 is 0 Å². The topological polar surface area (TPSA) is 91.9 Å². The first-order chi connectivity index (χ1) is 15.2. The molecule has 1 saturated heterocycles. The number of nitriles is 1. The summed E-state index contributed by atoms with van der Waals surface area (Å²) < 4.78 is 8.09. The number of ether oxygens (including phenoxy) is 1. The fourth-order valence-electron chi connectivity index (χ4n) is 4.19. The molecular formula is C23H25N7O. The van der Waals surface area contributed by atoms with Gasteiger partial charge in [-0.25, -0.2) is 9.67 Å². The fourth-order valence-corrected chi connectivity index (χ4v) is 4.19. The van der Waals surface area contributed by atoms with Gasteiger partial charge in [0.05, 0.1) is 17.3 Å². The lowest BCUT2D eigenvalue weighted by atomic mass is 10.1. The van der Waals surface area contributed by atoms with E-state index in [0.717, 1.165) is 49.8 Å². The number of hydrogen-bond acceptors (Lipinski definition) is 7. The molecule has 8 heteroatoms. The van der Waals surface area contributed by atoms with Crippen molar-refractivity contribution in [1.82, 2.24) is 25.1 Å². The van der Waals surface area contributed by atoms with Crippen LogP contribution >= 0.6 is 0 Å². The Morgan fingerprint density at radius 2 is 2.00 bits per heavy atom. The molecule has 2 aliphatic heterocycles. The van der Waals surface area contributed by atoms with E-state index < -0.39 is 0 Å². The number of nitrogens with one attached hydrogen (secondary N) is 1. The van der Waals surface area contributed by atoms with Gasteiger partial charge in [0.2, 0.25) is 5.88 Å². The highest BCUT2D eigenvalue weighted by Gasteiger charge is 2.18. The number of anilines is 1. The Morgan fingerprint density at radius 1 is 1.13 bits per heavy atom. The lowest BCUT2D eigenvalue weighted by Crippen LogP contribution is -2.30. The Bertz CT molecular complexity index is 1120. The second-order valence-electron chi connectivity index (χ2n) is 8.03. The van der Waals surface area contributed by atoms with Gasteiger partial charge < -0.3 is 15.0 Å². The van der Waals surface area contributed by atoms with Crippen molar-refractivity contribution < 1.29 is 4.74 Å². The van der Waals surface area contributed by atoms with Gasteiger partial charge in [-0.05, 0) is 56.8 Å². The van der Waals surface area contributed by atoms with E-state index in [1.165, 1.54) is 24.8 Å². The summed E-state index contributed by atoms with van der Waals surface area (Å²) in [6.45, 7) is 5.59. The molecule has 8 nitrogen and oxygen atoms in total. The summed E-state index contributed by atoms with van der Waals surface area (Å²) in [6, 6.07) is 9.48. The third-order valence-corrected chi connectivity index (χ3v) is 5.77. The van der Waals surface area contributed by atoms with E-state index in [2.05, 4.69) is 32.5 Å². The van der Waals surface area contributed by atoms with E-state index in [1.807, 2.05) is 23.7 Å². The maximum Gasteiger partial charge on any atom is 0.224 e. The van der Waals surface area contributed by atoms with E-state index in [4.69, 9.17) is 9.84 Å². The van der Waals surface area contributed by atoms with Crippen molar-refractivity contribution in [1.29, 1.82) is 5.26 Å². The van der Waals surface area contributed by atoms with Gasteiger partial charge in [0.25, 0.3) is 0 Å². The molecule has 4 heterocycles. The SMILES string of the molecule is Cc1nc(Oc2cc(C#N)ccc2-n2cc3c(n2)CNCC3)cc(N2CCCCC2)n1. The van der Waals surface area contributed by atoms with E-state index in [-0.39, 0.29) is 0 Å². The molecule has 31 heavy (non-hydrogen) atoms. The van der Waals surface area contributed by atoms with Crippen LogP contribution in [0.15, 0.2) is 30.5 Å². The van der Waals surface area contributed by atoms with Crippen LogP contribution in [-0.2, 0) is 13.0 Å². The first-order valence-corrected chi connectivity index (χ1v) is 10.8. The zero-order chi connectivity index (χ0) is 21.2. The predicted octanol–water partition coefficient (Wildman–Crippen LogP) is 3.27. The number of aryl methyl sites for hydroxylation is 1. The number of rotatable bonds is 4. The molecule has 5 rings (SSSR count). The molecule has 0 radical (unpaired) electrons. The van der Waals surface area contributed by atoms with E-state index in [0.29, 0.717) is 23.0 Å². The van der Waals surface area contributed by atoms with Crippen molar-refractivity contribution in [3.8, 4) is 23.4 Å². The summed E-state index contributed by atoms with van der Waals surface area (Å²) in [4.78, 5) is 11.4. The van der Waals surface area contributed by atoms with Crippen LogP contribution in [0.2, 0.25) is 0 Å². The number of aromatic nitrogens is 4. The van der Waals surface area contributed by atoms with Gasteiger partial charge in [-0.2, -0.15) is 15.3 Å². The van der Waals surface area contributed by atoms with Gasteiger partial charge in [0.1, 0.15) is 17.3 Å². The standard InChI is InChI=1S/C23H25N7O/c1-16-26-22(29-9-3-2-4-10-29)12-23(27-16)31-21-11-17(13-24)5-6-20(21)30-15-18-7-8-25-14-19(18)28-30/h5-6,11-12,15,25H,2-4,7-10,14H2,1H3. The molecule has 0 bridgehead atoms. The van der Waals surface area contributed by atoms with Crippen molar-refractivity contribution >= 4 is 5.82 Å². The van der Waals surface area contributed by atoms with Crippen LogP contribution in [0.5, 0.6) is 11.6 Å². The maximum absolute atomic E-state index is 9.41. The highest BCUT2D eigenvalue weighted by atomic mass is 16.5. The van der Waals surface area contributed by atoms with Crippen LogP contribution in [0.3, 0.4) is 0 Å². The normalized spacial score (nSPS) is 15.9. The second kappa shape index (κ2) is 8.36. The smallest absolute Gasteiger partial charge is 0.224 e. The molecule has 158 valence electrons. The number of fused-ring (bicyclic) bond motifs is 1. The minimum atomic E-state index is 0.475. The maximum atomic E-state index is 9.41. The summed E-state index contributed by atoms with van der Waals surface area (Å²) in [5.74, 6) is 2.58. The van der Waals surface area contributed by atoms with E-state index in [1.54, 1.807) is 12.1 Å². The molecule has 2 aromatic heterocycles. The zero-order valence-corrected chi connectivity index (χ0v) is 17.6. The molecule has 0 amide bonds. The molecular weight excluding hydrogens is 390 g/mol. The van der Waals surface area contributed by atoms with Gasteiger partial charge in [0.15, 0.2) is 5.75 Å². The van der Waals surface area contributed by atoms with Gasteiger partial charge in [-0.1, -0.05) is 0 Å². The number of benzene rings is 1. The fraction of sp³-hybridized carbons (Fsp3) is 0.391. The molecule has 0 atom stereocenters. The summed E-state index contributed by atoms with van der Waals surface area (Å²) in [6.07, 6.45) is 6.61. The van der Waals surface area contributed by atoms with Crippen LogP contribution in [0.1, 0.15) is 41.9 Å². The minimum absolute atomic E-state index is 0.475. The number of piperidine rings is 1. The number of nitrogens with zero attached hydrogens (tertiary/aromatic N) is 6. The minimum Gasteiger partial charge on any atom is -0.437 e. The Hall–Kier alpha value is -3.44. The largest absolute Gasteiger partial charge is 0.437 e. The van der Waals surface area contributed by atoms with Crippen LogP contribution in [0.25, 0.3) is 5.69 Å². The molecule has 2 aliphatic rings. The molecule has 1 aromatic carbocycles. The average molecular weight is 416 g/mol. The monoisotopic (exact) mass is 415 g/mol. The van der Waals surface area contributed by atoms with Crippen molar-refractivity contribution in [3.63, 3.8) is 0 Å². The third-order valence-electron chi connectivity index (χ3n) is 5.77. The highest BCUT2D eigenvalue weighted by molar-refractivity contribution is 5.53. The number of hydrogen-bond donors (Lipinski definition) is 1. The van der Waals surface area contributed by atoms with E-state index >= 15 is 0 Å². The lowest BCUT2D eigenvalue weighted by Gasteiger charge is -2.28. The molecule has 0 unspecified atom stereocenters. The summed E-state index contributed by atoms with van der Waals surface area (Å²) in [5.41, 5.74) is 3.59. The Kier molecular flexibility index (Phi) is 5.26. The van der Waals surface area contributed by atoms with Crippen LogP contribution in [-0.4, -0.2) is 39.4 Å². The predicted molar refractivity (Wildman–Crippen MR) is 117 cm³/mol. The molecule has 0 aliphatic carbocycles. The van der Waals surface area contributed by atoms with Gasteiger partial charge in [-0.3, -0.25) is 0 Å². The quantitative estimate of drug-likeness (QED) is 0.699. The van der Waals surface area contributed by atoms with Crippen molar-refractivity contribution in [2.45, 2.75) is 39.2 Å². The molecule has 0 spiro atoms. The van der Waals surface area contributed by atoms with Crippen LogP contribution < -0.4 is 15.0 Å². The van der Waals surface area contributed by atoms with Crippen LogP contribution in [0, 0.1) is 18.3 Å². The zero-order valence-electron chi connectivity index (χ0n) is 17.6. The Labute approximate surface area is 181 Å². The molecule has 1 fully saturated rings. The van der Waals surface area contributed by atoms with Gasteiger partial charge in [-0.15, -0.1) is 0 Å². The van der Waals surface area contributed by atoms with Crippen molar-refractivity contribution in [2.75, 3.05) is 24.5 Å².